The van der Waals surface area contributed by atoms with Gasteiger partial charge in [-0.25, -0.2) is 13.4 Å². The molecule has 0 saturated heterocycles. The molecule has 3 aromatic rings. The Balaban J connectivity index is 1.72. The second kappa shape index (κ2) is 7.62. The first kappa shape index (κ1) is 19.3. The first-order valence-electron chi connectivity index (χ1n) is 8.41. The van der Waals surface area contributed by atoms with E-state index in [0.29, 0.717) is 16.6 Å². The van der Waals surface area contributed by atoms with Crippen LogP contribution in [-0.4, -0.2) is 25.6 Å². The summed E-state index contributed by atoms with van der Waals surface area (Å²) in [5, 5.41) is 5.15. The van der Waals surface area contributed by atoms with Crippen molar-refractivity contribution in [3.63, 3.8) is 0 Å². The molecule has 2 aromatic carbocycles. The van der Waals surface area contributed by atoms with E-state index in [1.54, 1.807) is 0 Å². The quantitative estimate of drug-likeness (QED) is 0.680. The maximum atomic E-state index is 12.3. The number of benzene rings is 2. The number of anilines is 1. The molecule has 1 amide bonds. The molecule has 0 fully saturated rings. The van der Waals surface area contributed by atoms with Gasteiger partial charge in [0.15, 0.2) is 15.0 Å². The highest BCUT2D eigenvalue weighted by atomic mass is 32.2. The van der Waals surface area contributed by atoms with Gasteiger partial charge in [-0.05, 0) is 35.7 Å². The summed E-state index contributed by atoms with van der Waals surface area (Å²) >= 11 is 1.35. The first-order valence-corrected chi connectivity index (χ1v) is 11.2. The van der Waals surface area contributed by atoms with Crippen LogP contribution in [0.3, 0.4) is 0 Å². The Kier molecular flexibility index (Phi) is 5.43. The predicted octanol–water partition coefficient (Wildman–Crippen LogP) is 4.59. The lowest BCUT2D eigenvalue weighted by molar-refractivity contribution is 0.102. The molecule has 0 spiro atoms. The van der Waals surface area contributed by atoms with E-state index < -0.39 is 9.84 Å². The van der Waals surface area contributed by atoms with Gasteiger partial charge < -0.3 is 0 Å². The number of nitrogens with one attached hydrogen (secondary N) is 1. The summed E-state index contributed by atoms with van der Waals surface area (Å²) in [4.78, 5) is 17.0. The molecule has 1 heterocycles. The Hall–Kier alpha value is -2.51. The molecular formula is C20H20N2O3S2. The lowest BCUT2D eigenvalue weighted by Gasteiger charge is -2.05. The summed E-state index contributed by atoms with van der Waals surface area (Å²) in [6, 6.07) is 14.1. The van der Waals surface area contributed by atoms with Crippen molar-refractivity contribution in [2.75, 3.05) is 11.6 Å². The van der Waals surface area contributed by atoms with Crippen LogP contribution in [0.4, 0.5) is 5.13 Å². The van der Waals surface area contributed by atoms with Gasteiger partial charge in [-0.2, -0.15) is 0 Å². The lowest BCUT2D eigenvalue weighted by Crippen LogP contribution is -2.11. The van der Waals surface area contributed by atoms with Gasteiger partial charge in [-0.3, -0.25) is 10.1 Å². The van der Waals surface area contributed by atoms with E-state index in [-0.39, 0.29) is 10.8 Å². The number of nitrogens with zero attached hydrogens (tertiary/aromatic N) is 1. The number of hydrogen-bond donors (Lipinski definition) is 1. The molecule has 0 aliphatic heterocycles. The maximum Gasteiger partial charge on any atom is 0.257 e. The summed E-state index contributed by atoms with van der Waals surface area (Å²) in [5.41, 5.74) is 3.44. The van der Waals surface area contributed by atoms with Crippen LogP contribution in [0.2, 0.25) is 0 Å². The van der Waals surface area contributed by atoms with Crippen LogP contribution < -0.4 is 5.32 Å². The number of amides is 1. The summed E-state index contributed by atoms with van der Waals surface area (Å²) in [5.74, 6) is 0.143. The van der Waals surface area contributed by atoms with Gasteiger partial charge in [0.05, 0.1) is 10.6 Å². The molecule has 0 saturated carbocycles. The Morgan fingerprint density at radius 1 is 1.04 bits per heavy atom. The van der Waals surface area contributed by atoms with E-state index in [1.807, 2.05) is 17.5 Å². The molecule has 3 rings (SSSR count). The van der Waals surface area contributed by atoms with E-state index >= 15 is 0 Å². The third-order valence-electron chi connectivity index (χ3n) is 4.14. The number of sulfone groups is 1. The number of carbonyl (C=O) groups is 1. The molecule has 5 nitrogen and oxygen atoms in total. The van der Waals surface area contributed by atoms with E-state index in [1.165, 1.54) is 41.2 Å². The van der Waals surface area contributed by atoms with Crippen molar-refractivity contribution < 1.29 is 13.2 Å². The van der Waals surface area contributed by atoms with E-state index in [4.69, 9.17) is 0 Å². The van der Waals surface area contributed by atoms with Crippen molar-refractivity contribution in [3.05, 3.63) is 65.0 Å². The van der Waals surface area contributed by atoms with E-state index in [2.05, 4.69) is 36.3 Å². The minimum atomic E-state index is -3.28. The van der Waals surface area contributed by atoms with Crippen LogP contribution in [0, 0.1) is 0 Å². The van der Waals surface area contributed by atoms with Crippen LogP contribution >= 0.6 is 11.3 Å². The third kappa shape index (κ3) is 4.61. The highest BCUT2D eigenvalue weighted by Crippen LogP contribution is 2.27. The van der Waals surface area contributed by atoms with Crippen molar-refractivity contribution in [3.8, 4) is 11.3 Å². The van der Waals surface area contributed by atoms with Crippen molar-refractivity contribution in [1.29, 1.82) is 0 Å². The van der Waals surface area contributed by atoms with Crippen molar-refractivity contribution in [2.45, 2.75) is 24.7 Å². The average molecular weight is 401 g/mol. The van der Waals surface area contributed by atoms with Gasteiger partial charge >= 0.3 is 0 Å². The number of rotatable bonds is 5. The normalized spacial score (nSPS) is 11.6. The molecule has 1 aromatic heterocycles. The second-order valence-corrected chi connectivity index (χ2v) is 9.44. The summed E-state index contributed by atoms with van der Waals surface area (Å²) < 4.78 is 23.0. The Bertz CT molecular complexity index is 1050. The van der Waals surface area contributed by atoms with E-state index in [0.717, 1.165) is 17.5 Å². The molecule has 0 bridgehead atoms. The molecule has 0 atom stereocenters. The van der Waals surface area contributed by atoms with Gasteiger partial charge in [-0.15, -0.1) is 11.3 Å². The highest BCUT2D eigenvalue weighted by molar-refractivity contribution is 7.90. The Morgan fingerprint density at radius 2 is 1.67 bits per heavy atom. The standard InChI is InChI=1S/C20H20N2O3S2/c1-13(2)14-4-6-15(7-5-14)18-12-26-20(21-18)22-19(23)16-8-10-17(11-9-16)27(3,24)25/h4-13H,1-3H3,(H,21,22,23). The SMILES string of the molecule is CC(C)c1ccc(-c2csc(NC(=O)c3ccc(S(C)(=O)=O)cc3)n2)cc1. The topological polar surface area (TPSA) is 76.1 Å². The average Bonchev–Trinajstić information content (AvgIpc) is 3.09. The zero-order valence-corrected chi connectivity index (χ0v) is 16.9. The fourth-order valence-corrected chi connectivity index (χ4v) is 3.87. The number of hydrogen-bond acceptors (Lipinski definition) is 5. The molecule has 0 aliphatic rings. The van der Waals surface area contributed by atoms with Gasteiger partial charge in [0.2, 0.25) is 0 Å². The summed E-state index contributed by atoms with van der Waals surface area (Å²) in [6.07, 6.45) is 1.13. The monoisotopic (exact) mass is 400 g/mol. The summed E-state index contributed by atoms with van der Waals surface area (Å²) in [6.45, 7) is 4.29. The van der Waals surface area contributed by atoms with E-state index in [9.17, 15) is 13.2 Å². The van der Waals surface area contributed by atoms with Crippen molar-refractivity contribution in [1.82, 2.24) is 4.98 Å². The van der Waals surface area contributed by atoms with Crippen LogP contribution in [0.15, 0.2) is 58.8 Å². The number of aromatic nitrogens is 1. The van der Waals surface area contributed by atoms with Gasteiger partial charge in [0.25, 0.3) is 5.91 Å². The number of carbonyl (C=O) groups excluding carboxylic acids is 1. The summed E-state index contributed by atoms with van der Waals surface area (Å²) in [7, 11) is -3.28. The molecular weight excluding hydrogens is 380 g/mol. The molecule has 140 valence electrons. The fourth-order valence-electron chi connectivity index (χ4n) is 2.53. The molecule has 1 N–H and O–H groups in total. The first-order chi connectivity index (χ1) is 12.7. The zero-order valence-electron chi connectivity index (χ0n) is 15.3. The van der Waals surface area contributed by atoms with Crippen LogP contribution in [0.1, 0.15) is 35.7 Å². The molecule has 0 unspecified atom stereocenters. The Morgan fingerprint density at radius 3 is 2.22 bits per heavy atom. The molecule has 0 aliphatic carbocycles. The maximum absolute atomic E-state index is 12.3. The van der Waals surface area contributed by atoms with Crippen molar-refractivity contribution >= 4 is 32.2 Å². The molecule has 7 heteroatoms. The largest absolute Gasteiger partial charge is 0.298 e. The van der Waals surface area contributed by atoms with Crippen LogP contribution in [-0.2, 0) is 9.84 Å². The predicted molar refractivity (Wildman–Crippen MR) is 109 cm³/mol. The highest BCUT2D eigenvalue weighted by Gasteiger charge is 2.12. The van der Waals surface area contributed by atoms with Crippen LogP contribution in [0.5, 0.6) is 0 Å². The van der Waals surface area contributed by atoms with Gasteiger partial charge in [0.1, 0.15) is 0 Å². The minimum absolute atomic E-state index is 0.181. The van der Waals surface area contributed by atoms with Crippen molar-refractivity contribution in [2.24, 2.45) is 0 Å². The fraction of sp³-hybridized carbons (Fsp3) is 0.200. The third-order valence-corrected chi connectivity index (χ3v) is 6.03. The van der Waals surface area contributed by atoms with Gasteiger partial charge in [0, 0.05) is 22.8 Å². The molecule has 0 radical (unpaired) electrons. The lowest BCUT2D eigenvalue weighted by atomic mass is 10.0. The Labute approximate surface area is 163 Å². The smallest absolute Gasteiger partial charge is 0.257 e. The van der Waals surface area contributed by atoms with Crippen LogP contribution in [0.25, 0.3) is 11.3 Å². The zero-order chi connectivity index (χ0) is 19.6. The number of thiazole rings is 1. The second-order valence-electron chi connectivity index (χ2n) is 6.57. The molecule has 27 heavy (non-hydrogen) atoms. The minimum Gasteiger partial charge on any atom is -0.298 e. The van der Waals surface area contributed by atoms with Gasteiger partial charge in [-0.1, -0.05) is 38.1 Å².